The topological polar surface area (TPSA) is 35.6 Å². The first-order valence-electron chi connectivity index (χ1n) is 28.0. The summed E-state index contributed by atoms with van der Waals surface area (Å²) in [5.74, 6) is 0. The maximum atomic E-state index is 5.10. The molecule has 0 unspecified atom stereocenters. The van der Waals surface area contributed by atoms with Crippen molar-refractivity contribution in [1.29, 1.82) is 0 Å². The molecule has 0 radical (unpaired) electrons. The molecule has 16 rings (SSSR count). The lowest BCUT2D eigenvalue weighted by molar-refractivity contribution is 1.14. The largest absolute Gasteiger partial charge is 0.309 e. The van der Waals surface area contributed by atoms with Gasteiger partial charge >= 0.3 is 0 Å². The predicted octanol–water partition coefficient (Wildman–Crippen LogP) is 20.6. The molecule has 0 aliphatic carbocycles. The molecule has 0 N–H and O–H groups in total. The lowest BCUT2D eigenvalue weighted by atomic mass is 9.88. The molecule has 16 aromatic rings. The molecule has 0 bridgehead atoms. The van der Waals surface area contributed by atoms with Crippen LogP contribution in [0.1, 0.15) is 0 Å². The van der Waals surface area contributed by atoms with Crippen LogP contribution in [-0.2, 0) is 0 Å². The Balaban J connectivity index is 1.01. The zero-order valence-electron chi connectivity index (χ0n) is 44.7. The van der Waals surface area contributed by atoms with Crippen molar-refractivity contribution in [2.75, 3.05) is 0 Å². The summed E-state index contributed by atoms with van der Waals surface area (Å²) in [7, 11) is 0. The van der Waals surface area contributed by atoms with Crippen LogP contribution in [0.4, 0.5) is 0 Å². The van der Waals surface area contributed by atoms with Crippen molar-refractivity contribution >= 4 is 65.4 Å². The molecular formula is C78H50N4. The molecule has 4 nitrogen and oxygen atoms in total. The summed E-state index contributed by atoms with van der Waals surface area (Å²) in [6, 6.07) is 106. The first kappa shape index (κ1) is 47.1. The quantitative estimate of drug-likeness (QED) is 0.144. The number of fused-ring (bicyclic) bond motifs is 8. The fourth-order valence-electron chi connectivity index (χ4n) is 12.7. The van der Waals surface area contributed by atoms with E-state index in [9.17, 15) is 0 Å². The van der Waals surface area contributed by atoms with Crippen molar-refractivity contribution in [3.05, 3.63) is 304 Å². The summed E-state index contributed by atoms with van der Waals surface area (Å²) >= 11 is 0. The van der Waals surface area contributed by atoms with Crippen molar-refractivity contribution in [1.82, 2.24) is 19.1 Å². The molecule has 4 heteroatoms. The second-order valence-corrected chi connectivity index (χ2v) is 21.3. The van der Waals surface area contributed by atoms with Gasteiger partial charge in [-0.15, -0.1) is 0 Å². The monoisotopic (exact) mass is 1040 g/mol. The third-order valence-corrected chi connectivity index (χ3v) is 16.6. The summed E-state index contributed by atoms with van der Waals surface area (Å²) in [6.07, 6.45) is 3.80. The van der Waals surface area contributed by atoms with Crippen LogP contribution in [0.3, 0.4) is 0 Å². The van der Waals surface area contributed by atoms with E-state index in [4.69, 9.17) is 9.97 Å². The smallest absolute Gasteiger partial charge is 0.0780 e. The van der Waals surface area contributed by atoms with E-state index in [0.717, 1.165) is 88.6 Å². The molecule has 0 spiro atoms. The van der Waals surface area contributed by atoms with Crippen LogP contribution in [0.25, 0.3) is 155 Å². The van der Waals surface area contributed by atoms with E-state index in [-0.39, 0.29) is 0 Å². The molecule has 0 saturated carbocycles. The molecule has 382 valence electrons. The Bertz CT molecular complexity index is 4930. The van der Waals surface area contributed by atoms with Crippen LogP contribution in [0.15, 0.2) is 304 Å². The first-order chi connectivity index (χ1) is 40.7. The number of aromatic nitrogens is 4. The first-order valence-corrected chi connectivity index (χ1v) is 28.0. The Morgan fingerprint density at radius 2 is 0.610 bits per heavy atom. The van der Waals surface area contributed by atoms with Crippen molar-refractivity contribution in [2.45, 2.75) is 0 Å². The molecule has 0 atom stereocenters. The minimum atomic E-state index is 0.950. The SMILES string of the molecule is c1ccc(-c2ccc3c(c2)c2cc(-c4ccccc4)ccc2n3-c2ccc(-c3ccc(-c4cccc5cccnc45)cc3-c3cccc4cccnc34)c(-n3c4ccc(-c5ccccc5)cc4c4cc(-c5ccccc5)ccc43)c2)cc1. The van der Waals surface area contributed by atoms with Gasteiger partial charge in [0.15, 0.2) is 0 Å². The van der Waals surface area contributed by atoms with E-state index in [1.54, 1.807) is 0 Å². The lowest BCUT2D eigenvalue weighted by Gasteiger charge is -2.21. The number of benzene rings is 12. The fourth-order valence-corrected chi connectivity index (χ4v) is 12.7. The summed E-state index contributed by atoms with van der Waals surface area (Å²) in [5.41, 5.74) is 24.5. The van der Waals surface area contributed by atoms with Gasteiger partial charge in [-0.1, -0.05) is 212 Å². The minimum Gasteiger partial charge on any atom is -0.309 e. The normalized spacial score (nSPS) is 11.7. The second kappa shape index (κ2) is 19.5. The molecule has 82 heavy (non-hydrogen) atoms. The second-order valence-electron chi connectivity index (χ2n) is 21.3. The van der Waals surface area contributed by atoms with Gasteiger partial charge in [-0.25, -0.2) is 0 Å². The van der Waals surface area contributed by atoms with E-state index < -0.39 is 0 Å². The van der Waals surface area contributed by atoms with E-state index in [1.807, 2.05) is 24.5 Å². The molecule has 0 aliphatic rings. The van der Waals surface area contributed by atoms with Crippen LogP contribution in [0, 0.1) is 0 Å². The van der Waals surface area contributed by atoms with Crippen LogP contribution in [-0.4, -0.2) is 19.1 Å². The van der Waals surface area contributed by atoms with Crippen LogP contribution in [0.2, 0.25) is 0 Å². The van der Waals surface area contributed by atoms with Crippen LogP contribution < -0.4 is 0 Å². The summed E-state index contributed by atoms with van der Waals surface area (Å²) in [4.78, 5) is 10.0. The van der Waals surface area contributed by atoms with Crippen molar-refractivity contribution in [2.24, 2.45) is 0 Å². The number of rotatable bonds is 9. The van der Waals surface area contributed by atoms with Crippen molar-refractivity contribution in [3.8, 4) is 89.3 Å². The maximum Gasteiger partial charge on any atom is 0.0780 e. The number of hydrogen-bond acceptors (Lipinski definition) is 2. The standard InChI is InChI=1S/C78H50N4/c1-5-17-51(18-6-1)57-32-39-72-68(45-57)69-46-58(52-19-7-2-8-20-52)33-40-73(69)81(72)62-36-38-65(64-37-31-61(63-29-13-25-55-27-15-43-79-77(55)63)49-67(64)66-30-14-26-56-28-16-44-80-78(56)66)76(50-62)82-74-41-34-59(53-21-9-3-10-22-53)47-70(74)71-48-60(35-42-75(71)82)54-23-11-4-12-24-54/h1-50H. The summed E-state index contributed by atoms with van der Waals surface area (Å²) in [5, 5.41) is 6.94. The van der Waals surface area contributed by atoms with Gasteiger partial charge in [-0.2, -0.15) is 0 Å². The highest BCUT2D eigenvalue weighted by atomic mass is 15.0. The molecule has 4 aromatic heterocycles. The van der Waals surface area contributed by atoms with Gasteiger partial charge in [-0.05, 0) is 140 Å². The Kier molecular flexibility index (Phi) is 11.2. The minimum absolute atomic E-state index is 0.950. The van der Waals surface area contributed by atoms with E-state index in [0.29, 0.717) is 0 Å². The molecule has 0 saturated heterocycles. The number of para-hydroxylation sites is 2. The molecule has 0 amide bonds. The molecule has 0 aliphatic heterocycles. The highest BCUT2D eigenvalue weighted by molar-refractivity contribution is 6.14. The molecule has 12 aromatic carbocycles. The van der Waals surface area contributed by atoms with Gasteiger partial charge in [0.05, 0.1) is 38.8 Å². The average molecular weight is 1040 g/mol. The Morgan fingerprint density at radius 1 is 0.220 bits per heavy atom. The summed E-state index contributed by atoms with van der Waals surface area (Å²) in [6.45, 7) is 0. The van der Waals surface area contributed by atoms with Gasteiger partial charge in [0.25, 0.3) is 0 Å². The molecular weight excluding hydrogens is 993 g/mol. The van der Waals surface area contributed by atoms with E-state index >= 15 is 0 Å². The summed E-state index contributed by atoms with van der Waals surface area (Å²) < 4.78 is 5.00. The van der Waals surface area contributed by atoms with Gasteiger partial charge < -0.3 is 9.13 Å². The van der Waals surface area contributed by atoms with Crippen LogP contribution >= 0.6 is 0 Å². The third kappa shape index (κ3) is 7.91. The number of nitrogens with zero attached hydrogens (tertiary/aromatic N) is 4. The highest BCUT2D eigenvalue weighted by Gasteiger charge is 2.24. The van der Waals surface area contributed by atoms with Gasteiger partial charge in [0, 0.05) is 67.1 Å². The third-order valence-electron chi connectivity index (χ3n) is 16.6. The van der Waals surface area contributed by atoms with Gasteiger partial charge in [0.1, 0.15) is 0 Å². The van der Waals surface area contributed by atoms with Gasteiger partial charge in [-0.3, -0.25) is 9.97 Å². The zero-order valence-corrected chi connectivity index (χ0v) is 44.7. The fraction of sp³-hybridized carbons (Fsp3) is 0. The molecule has 4 heterocycles. The van der Waals surface area contributed by atoms with Crippen molar-refractivity contribution < 1.29 is 0 Å². The lowest BCUT2D eigenvalue weighted by Crippen LogP contribution is -2.02. The zero-order chi connectivity index (χ0) is 54.1. The predicted molar refractivity (Wildman–Crippen MR) is 344 cm³/mol. The average Bonchev–Trinajstić information content (AvgIpc) is 3.80. The highest BCUT2D eigenvalue weighted by Crippen LogP contribution is 2.46. The Labute approximate surface area is 474 Å². The maximum absolute atomic E-state index is 5.10. The van der Waals surface area contributed by atoms with E-state index in [1.165, 1.54) is 66.1 Å². The molecule has 0 fully saturated rings. The Morgan fingerprint density at radius 3 is 1.07 bits per heavy atom. The van der Waals surface area contributed by atoms with Crippen LogP contribution in [0.5, 0.6) is 0 Å². The van der Waals surface area contributed by atoms with Gasteiger partial charge in [0.2, 0.25) is 0 Å². The van der Waals surface area contributed by atoms with E-state index in [2.05, 4.69) is 288 Å². The number of hydrogen-bond donors (Lipinski definition) is 0. The Hall–Kier alpha value is -10.9. The van der Waals surface area contributed by atoms with Crippen molar-refractivity contribution in [3.63, 3.8) is 0 Å². The number of pyridine rings is 2.